The lowest BCUT2D eigenvalue weighted by atomic mass is 10.0. The Labute approximate surface area is 83.7 Å². The number of rotatable bonds is 3. The molecule has 1 aliphatic heterocycles. The summed E-state index contributed by atoms with van der Waals surface area (Å²) in [7, 11) is 1.90. The second kappa shape index (κ2) is 4.57. The fourth-order valence-electron chi connectivity index (χ4n) is 1.71. The molecule has 14 heavy (non-hydrogen) atoms. The van der Waals surface area contributed by atoms with Crippen LogP contribution in [0.1, 0.15) is 30.3 Å². The van der Waals surface area contributed by atoms with Crippen molar-refractivity contribution in [3.63, 3.8) is 0 Å². The van der Waals surface area contributed by atoms with Gasteiger partial charge in [-0.05, 0) is 19.9 Å². The third-order valence-electron chi connectivity index (χ3n) is 2.44. The first kappa shape index (κ1) is 9.68. The van der Waals surface area contributed by atoms with Gasteiger partial charge in [-0.3, -0.25) is 0 Å². The van der Waals surface area contributed by atoms with E-state index in [-0.39, 0.29) is 0 Å². The van der Waals surface area contributed by atoms with Gasteiger partial charge in [-0.25, -0.2) is 4.98 Å². The Balaban J connectivity index is 2.00. The van der Waals surface area contributed by atoms with Crippen LogP contribution >= 0.6 is 0 Å². The van der Waals surface area contributed by atoms with Gasteiger partial charge >= 0.3 is 0 Å². The summed E-state index contributed by atoms with van der Waals surface area (Å²) < 4.78 is 10.8. The van der Waals surface area contributed by atoms with Crippen molar-refractivity contribution in [3.8, 4) is 0 Å². The first-order valence-corrected chi connectivity index (χ1v) is 5.07. The molecule has 0 aliphatic carbocycles. The van der Waals surface area contributed by atoms with Gasteiger partial charge in [-0.2, -0.15) is 0 Å². The average Bonchev–Trinajstić information content (AvgIpc) is 2.68. The summed E-state index contributed by atoms with van der Waals surface area (Å²) in [5, 5.41) is 3.05. The molecule has 1 aromatic rings. The highest BCUT2D eigenvalue weighted by atomic mass is 16.5. The van der Waals surface area contributed by atoms with Crippen molar-refractivity contribution in [2.45, 2.75) is 25.3 Å². The number of nitrogens with one attached hydrogen (secondary N) is 1. The van der Waals surface area contributed by atoms with Crippen molar-refractivity contribution in [2.24, 2.45) is 0 Å². The molecule has 4 nitrogen and oxygen atoms in total. The largest absolute Gasteiger partial charge is 0.448 e. The summed E-state index contributed by atoms with van der Waals surface area (Å²) in [6, 6.07) is 0. The summed E-state index contributed by atoms with van der Waals surface area (Å²) in [4.78, 5) is 4.41. The van der Waals surface area contributed by atoms with Crippen molar-refractivity contribution < 1.29 is 9.15 Å². The van der Waals surface area contributed by atoms with Crippen LogP contribution in [0, 0.1) is 0 Å². The van der Waals surface area contributed by atoms with Gasteiger partial charge in [0.25, 0.3) is 0 Å². The van der Waals surface area contributed by atoms with Gasteiger partial charge in [0, 0.05) is 13.2 Å². The second-order valence-corrected chi connectivity index (χ2v) is 3.62. The van der Waals surface area contributed by atoms with Crippen LogP contribution in [0.15, 0.2) is 10.7 Å². The van der Waals surface area contributed by atoms with Crippen LogP contribution in [0.5, 0.6) is 0 Å². The molecule has 78 valence electrons. The molecule has 2 rings (SSSR count). The monoisotopic (exact) mass is 196 g/mol. The van der Waals surface area contributed by atoms with Crippen molar-refractivity contribution in [1.82, 2.24) is 10.3 Å². The number of ether oxygens (including phenoxy) is 1. The van der Waals surface area contributed by atoms with E-state index in [1.165, 1.54) is 0 Å². The Kier molecular flexibility index (Phi) is 3.16. The van der Waals surface area contributed by atoms with E-state index in [1.54, 1.807) is 6.26 Å². The molecule has 1 aromatic heterocycles. The van der Waals surface area contributed by atoms with E-state index in [9.17, 15) is 0 Å². The second-order valence-electron chi connectivity index (χ2n) is 3.62. The maximum absolute atomic E-state index is 5.43. The third-order valence-corrected chi connectivity index (χ3v) is 2.44. The predicted octanol–water partition coefficient (Wildman–Crippen LogP) is 1.29. The van der Waals surface area contributed by atoms with Crippen LogP contribution in [0.25, 0.3) is 0 Å². The maximum Gasteiger partial charge on any atom is 0.199 e. The van der Waals surface area contributed by atoms with E-state index in [0.717, 1.165) is 44.2 Å². The normalized spacial score (nSPS) is 22.5. The molecule has 1 fully saturated rings. The van der Waals surface area contributed by atoms with Crippen LogP contribution < -0.4 is 5.32 Å². The highest BCUT2D eigenvalue weighted by Crippen LogP contribution is 2.24. The highest BCUT2D eigenvalue weighted by molar-refractivity contribution is 5.01. The minimum absolute atomic E-state index is 0.356. The lowest BCUT2D eigenvalue weighted by molar-refractivity contribution is 0.0725. The quantitative estimate of drug-likeness (QED) is 0.791. The number of aromatic nitrogens is 1. The number of hydrogen-bond acceptors (Lipinski definition) is 4. The molecule has 1 saturated heterocycles. The molecule has 1 atom stereocenters. The SMILES string of the molecule is CNCc1coc(C2CCCOC2)n1. The molecule has 0 bridgehead atoms. The summed E-state index contributed by atoms with van der Waals surface area (Å²) >= 11 is 0. The molecule has 0 saturated carbocycles. The molecule has 0 amide bonds. The summed E-state index contributed by atoms with van der Waals surface area (Å²) in [6.45, 7) is 2.39. The molecular formula is C10H16N2O2. The molecule has 1 N–H and O–H groups in total. The van der Waals surface area contributed by atoms with Crippen LogP contribution in [0.3, 0.4) is 0 Å². The molecule has 0 radical (unpaired) electrons. The molecular weight excluding hydrogens is 180 g/mol. The van der Waals surface area contributed by atoms with E-state index >= 15 is 0 Å². The van der Waals surface area contributed by atoms with Gasteiger partial charge in [0.05, 0.1) is 18.2 Å². The van der Waals surface area contributed by atoms with E-state index in [0.29, 0.717) is 5.92 Å². The minimum Gasteiger partial charge on any atom is -0.448 e. The lowest BCUT2D eigenvalue weighted by Gasteiger charge is -2.18. The topological polar surface area (TPSA) is 47.3 Å². The Morgan fingerprint density at radius 1 is 1.64 bits per heavy atom. The maximum atomic E-state index is 5.43. The highest BCUT2D eigenvalue weighted by Gasteiger charge is 2.20. The zero-order valence-corrected chi connectivity index (χ0v) is 8.45. The van der Waals surface area contributed by atoms with Crippen molar-refractivity contribution in [3.05, 3.63) is 17.8 Å². The number of oxazole rings is 1. The summed E-state index contributed by atoms with van der Waals surface area (Å²) in [5.74, 6) is 1.18. The van der Waals surface area contributed by atoms with E-state index < -0.39 is 0 Å². The summed E-state index contributed by atoms with van der Waals surface area (Å²) in [5.41, 5.74) is 0.966. The van der Waals surface area contributed by atoms with Crippen molar-refractivity contribution >= 4 is 0 Å². The Morgan fingerprint density at radius 2 is 2.57 bits per heavy atom. The van der Waals surface area contributed by atoms with E-state index in [2.05, 4.69) is 10.3 Å². The Hall–Kier alpha value is -0.870. The third kappa shape index (κ3) is 2.13. The van der Waals surface area contributed by atoms with Crippen LogP contribution in [0.4, 0.5) is 0 Å². The molecule has 1 aliphatic rings. The average molecular weight is 196 g/mol. The van der Waals surface area contributed by atoms with E-state index in [4.69, 9.17) is 9.15 Å². The van der Waals surface area contributed by atoms with Gasteiger partial charge < -0.3 is 14.5 Å². The van der Waals surface area contributed by atoms with Gasteiger partial charge in [0.2, 0.25) is 0 Å². The first-order valence-electron chi connectivity index (χ1n) is 5.07. The van der Waals surface area contributed by atoms with Crippen molar-refractivity contribution in [1.29, 1.82) is 0 Å². The van der Waals surface area contributed by atoms with Crippen LogP contribution in [0.2, 0.25) is 0 Å². The molecule has 1 unspecified atom stereocenters. The van der Waals surface area contributed by atoms with Crippen LogP contribution in [-0.4, -0.2) is 25.2 Å². The zero-order valence-electron chi connectivity index (χ0n) is 8.45. The fourth-order valence-corrected chi connectivity index (χ4v) is 1.71. The van der Waals surface area contributed by atoms with Crippen molar-refractivity contribution in [2.75, 3.05) is 20.3 Å². The molecule has 4 heteroatoms. The lowest BCUT2D eigenvalue weighted by Crippen LogP contribution is -2.16. The summed E-state index contributed by atoms with van der Waals surface area (Å²) in [6.07, 6.45) is 3.95. The zero-order chi connectivity index (χ0) is 9.80. The minimum atomic E-state index is 0.356. The van der Waals surface area contributed by atoms with Crippen LogP contribution in [-0.2, 0) is 11.3 Å². The number of hydrogen-bond donors (Lipinski definition) is 1. The molecule has 0 aromatic carbocycles. The van der Waals surface area contributed by atoms with E-state index in [1.807, 2.05) is 7.05 Å². The first-order chi connectivity index (χ1) is 6.90. The predicted molar refractivity (Wildman–Crippen MR) is 52.1 cm³/mol. The Bertz CT molecular complexity index is 279. The smallest absolute Gasteiger partial charge is 0.199 e. The van der Waals surface area contributed by atoms with Gasteiger partial charge in [0.1, 0.15) is 6.26 Å². The number of nitrogens with zero attached hydrogens (tertiary/aromatic N) is 1. The standard InChI is InChI=1S/C10H16N2O2/c1-11-5-9-7-14-10(12-9)8-3-2-4-13-6-8/h7-8,11H,2-6H2,1H3. The van der Waals surface area contributed by atoms with Gasteiger partial charge in [-0.1, -0.05) is 0 Å². The Morgan fingerprint density at radius 3 is 3.29 bits per heavy atom. The van der Waals surface area contributed by atoms with Gasteiger partial charge in [0.15, 0.2) is 5.89 Å². The fraction of sp³-hybridized carbons (Fsp3) is 0.700. The molecule has 2 heterocycles. The molecule has 0 spiro atoms. The van der Waals surface area contributed by atoms with Gasteiger partial charge in [-0.15, -0.1) is 0 Å².